The van der Waals surface area contributed by atoms with Crippen molar-refractivity contribution in [3.63, 3.8) is 0 Å². The Morgan fingerprint density at radius 1 is 1.08 bits per heavy atom. The Morgan fingerprint density at radius 2 is 1.72 bits per heavy atom. The van der Waals surface area contributed by atoms with Gasteiger partial charge >= 0.3 is 12.8 Å². The van der Waals surface area contributed by atoms with Crippen molar-refractivity contribution in [1.29, 1.82) is 0 Å². The van der Waals surface area contributed by atoms with Gasteiger partial charge in [0.15, 0.2) is 5.65 Å². The molecule has 4 nitrogen and oxygen atoms in total. The van der Waals surface area contributed by atoms with Gasteiger partial charge in [-0.2, -0.15) is 27.1 Å². The van der Waals surface area contributed by atoms with Crippen molar-refractivity contribution in [2.24, 2.45) is 0 Å². The van der Waals surface area contributed by atoms with Gasteiger partial charge in [0.2, 0.25) is 0 Å². The van der Waals surface area contributed by atoms with Gasteiger partial charge in [-0.3, -0.25) is 0 Å². The SMILES string of the molecule is Cc1cc(C(F)(F)F)n2nc(C)c(-c3ccc(OC(F)F)cc3)c2n1. The van der Waals surface area contributed by atoms with Gasteiger partial charge < -0.3 is 4.74 Å². The van der Waals surface area contributed by atoms with Crippen LogP contribution in [-0.4, -0.2) is 21.2 Å². The molecule has 0 N–H and O–H groups in total. The summed E-state index contributed by atoms with van der Waals surface area (Å²) >= 11 is 0. The zero-order valence-corrected chi connectivity index (χ0v) is 13.1. The van der Waals surface area contributed by atoms with Crippen LogP contribution < -0.4 is 4.74 Å². The Morgan fingerprint density at radius 3 is 2.28 bits per heavy atom. The van der Waals surface area contributed by atoms with Gasteiger partial charge in [-0.05, 0) is 37.6 Å². The Labute approximate surface area is 138 Å². The topological polar surface area (TPSA) is 39.4 Å². The number of aromatic nitrogens is 3. The van der Waals surface area contributed by atoms with Gasteiger partial charge in [-0.25, -0.2) is 9.50 Å². The molecule has 0 fully saturated rings. The second-order valence-corrected chi connectivity index (χ2v) is 5.38. The van der Waals surface area contributed by atoms with E-state index in [1.54, 1.807) is 6.92 Å². The van der Waals surface area contributed by atoms with Crippen molar-refractivity contribution in [2.75, 3.05) is 0 Å². The molecule has 3 rings (SSSR count). The Bertz CT molecular complexity index is 916. The average Bonchev–Trinajstić information content (AvgIpc) is 2.81. The standard InChI is InChI=1S/C16H12F5N3O/c1-8-7-12(16(19,20)21)24-14(22-8)13(9(2)23-24)10-3-5-11(6-4-10)25-15(17)18/h3-7,15H,1-2H3. The van der Waals surface area contributed by atoms with E-state index >= 15 is 0 Å². The number of halogens is 5. The molecule has 0 aliphatic rings. The quantitative estimate of drug-likeness (QED) is 0.642. The summed E-state index contributed by atoms with van der Waals surface area (Å²) in [4.78, 5) is 4.17. The monoisotopic (exact) mass is 357 g/mol. The molecule has 0 aliphatic heterocycles. The number of alkyl halides is 5. The molecule has 2 aromatic heterocycles. The predicted octanol–water partition coefficient (Wildman–Crippen LogP) is 4.63. The van der Waals surface area contributed by atoms with Gasteiger partial charge in [0, 0.05) is 11.3 Å². The third kappa shape index (κ3) is 3.26. The van der Waals surface area contributed by atoms with Crippen LogP contribution in [0.2, 0.25) is 0 Å². The number of fused-ring (bicyclic) bond motifs is 1. The van der Waals surface area contributed by atoms with E-state index in [4.69, 9.17) is 0 Å². The lowest BCUT2D eigenvalue weighted by molar-refractivity contribution is -0.142. The third-order valence-corrected chi connectivity index (χ3v) is 3.55. The fourth-order valence-corrected chi connectivity index (χ4v) is 2.59. The summed E-state index contributed by atoms with van der Waals surface area (Å²) in [5.41, 5.74) is 0.553. The molecule has 25 heavy (non-hydrogen) atoms. The number of benzene rings is 1. The van der Waals surface area contributed by atoms with Crippen molar-refractivity contribution in [2.45, 2.75) is 26.6 Å². The highest BCUT2D eigenvalue weighted by molar-refractivity contribution is 5.80. The Kier molecular flexibility index (Phi) is 4.09. The van der Waals surface area contributed by atoms with Crippen LogP contribution in [0.15, 0.2) is 30.3 Å². The third-order valence-electron chi connectivity index (χ3n) is 3.55. The molecule has 0 atom stereocenters. The molecule has 9 heteroatoms. The fraction of sp³-hybridized carbons (Fsp3) is 0.250. The Hall–Kier alpha value is -2.71. The van der Waals surface area contributed by atoms with Crippen molar-refractivity contribution in [3.05, 3.63) is 47.4 Å². The minimum absolute atomic E-state index is 0.0482. The van der Waals surface area contributed by atoms with Crippen LogP contribution in [0.1, 0.15) is 17.1 Å². The molecule has 0 spiro atoms. The van der Waals surface area contributed by atoms with E-state index in [9.17, 15) is 22.0 Å². The minimum Gasteiger partial charge on any atom is -0.435 e. The van der Waals surface area contributed by atoms with Gasteiger partial charge in [0.1, 0.15) is 11.4 Å². The molecular weight excluding hydrogens is 345 g/mol. The summed E-state index contributed by atoms with van der Waals surface area (Å²) in [7, 11) is 0. The molecule has 0 unspecified atom stereocenters. The van der Waals surface area contributed by atoms with Gasteiger partial charge in [0.05, 0.1) is 5.69 Å². The maximum atomic E-state index is 13.2. The van der Waals surface area contributed by atoms with Gasteiger partial charge in [0.25, 0.3) is 0 Å². The van der Waals surface area contributed by atoms with Crippen LogP contribution in [-0.2, 0) is 6.18 Å². The summed E-state index contributed by atoms with van der Waals surface area (Å²) in [6.45, 7) is 0.0625. The van der Waals surface area contributed by atoms with E-state index in [0.29, 0.717) is 16.8 Å². The highest BCUT2D eigenvalue weighted by Gasteiger charge is 2.35. The molecule has 0 bridgehead atoms. The molecule has 0 aliphatic carbocycles. The van der Waals surface area contributed by atoms with E-state index in [0.717, 1.165) is 10.6 Å². The molecule has 0 saturated heterocycles. The maximum absolute atomic E-state index is 13.2. The lowest BCUT2D eigenvalue weighted by Gasteiger charge is -2.10. The second kappa shape index (κ2) is 5.98. The molecule has 1 aromatic carbocycles. The number of hydrogen-bond acceptors (Lipinski definition) is 3. The number of hydrogen-bond donors (Lipinski definition) is 0. The second-order valence-electron chi connectivity index (χ2n) is 5.38. The van der Waals surface area contributed by atoms with Crippen LogP contribution >= 0.6 is 0 Å². The number of ether oxygens (including phenoxy) is 1. The first kappa shape index (κ1) is 17.1. The summed E-state index contributed by atoms with van der Waals surface area (Å²) in [6.07, 6.45) is -4.59. The van der Waals surface area contributed by atoms with Crippen molar-refractivity contribution in [3.8, 4) is 16.9 Å². The fourth-order valence-electron chi connectivity index (χ4n) is 2.59. The smallest absolute Gasteiger partial charge is 0.433 e. The molecule has 2 heterocycles. The molecule has 0 saturated carbocycles. The molecule has 0 radical (unpaired) electrons. The van der Waals surface area contributed by atoms with Crippen molar-refractivity contribution in [1.82, 2.24) is 14.6 Å². The van der Waals surface area contributed by atoms with Gasteiger partial charge in [-0.1, -0.05) is 12.1 Å². The van der Waals surface area contributed by atoms with Crippen LogP contribution in [0.4, 0.5) is 22.0 Å². The van der Waals surface area contributed by atoms with E-state index < -0.39 is 18.5 Å². The highest BCUT2D eigenvalue weighted by atomic mass is 19.4. The van der Waals surface area contributed by atoms with E-state index in [1.807, 2.05) is 0 Å². The van der Waals surface area contributed by atoms with Crippen LogP contribution in [0.5, 0.6) is 5.75 Å². The van der Waals surface area contributed by atoms with E-state index in [1.165, 1.54) is 31.2 Å². The summed E-state index contributed by atoms with van der Waals surface area (Å²) < 4.78 is 69.2. The first-order valence-corrected chi connectivity index (χ1v) is 7.16. The van der Waals surface area contributed by atoms with E-state index in [-0.39, 0.29) is 17.1 Å². The lowest BCUT2D eigenvalue weighted by Crippen LogP contribution is -2.13. The van der Waals surface area contributed by atoms with Crippen LogP contribution in [0, 0.1) is 13.8 Å². The van der Waals surface area contributed by atoms with Crippen molar-refractivity contribution >= 4 is 5.65 Å². The van der Waals surface area contributed by atoms with Crippen LogP contribution in [0.3, 0.4) is 0 Å². The van der Waals surface area contributed by atoms with Gasteiger partial charge in [-0.15, -0.1) is 0 Å². The first-order valence-electron chi connectivity index (χ1n) is 7.16. The zero-order chi connectivity index (χ0) is 18.4. The molecule has 0 amide bonds. The zero-order valence-electron chi connectivity index (χ0n) is 13.1. The Balaban J connectivity index is 2.17. The average molecular weight is 357 g/mol. The molecule has 132 valence electrons. The summed E-state index contributed by atoms with van der Waals surface area (Å²) in [6, 6.07) is 6.48. The van der Waals surface area contributed by atoms with Crippen molar-refractivity contribution < 1.29 is 26.7 Å². The minimum atomic E-state index is -4.59. The highest BCUT2D eigenvalue weighted by Crippen LogP contribution is 2.34. The van der Waals surface area contributed by atoms with E-state index in [2.05, 4.69) is 14.8 Å². The lowest BCUT2D eigenvalue weighted by atomic mass is 10.1. The number of rotatable bonds is 3. The maximum Gasteiger partial charge on any atom is 0.433 e. The van der Waals surface area contributed by atoms with Crippen LogP contribution in [0.25, 0.3) is 16.8 Å². The molecule has 3 aromatic rings. The first-order chi connectivity index (χ1) is 11.7. The molecular formula is C16H12F5N3O. The summed E-state index contributed by atoms with van der Waals surface area (Å²) in [5.74, 6) is -0.0482. The largest absolute Gasteiger partial charge is 0.435 e. The normalized spacial score (nSPS) is 12.2. The predicted molar refractivity (Wildman–Crippen MR) is 79.5 cm³/mol. The number of nitrogens with zero attached hydrogens (tertiary/aromatic N) is 3. The summed E-state index contributed by atoms with van der Waals surface area (Å²) in [5, 5.41) is 3.95. The number of aryl methyl sites for hydroxylation is 2.